The number of halogens is 1. The molecular formula is C18H11FN4OS. The summed E-state index contributed by atoms with van der Waals surface area (Å²) in [5.41, 5.74) is 2.77. The smallest absolute Gasteiger partial charge is 0.289 e. The monoisotopic (exact) mass is 350 g/mol. The number of amidine groups is 1. The van der Waals surface area contributed by atoms with Gasteiger partial charge in [-0.15, -0.1) is 0 Å². The third-order valence-corrected chi connectivity index (χ3v) is 4.34. The van der Waals surface area contributed by atoms with Crippen molar-refractivity contribution in [3.05, 3.63) is 71.1 Å². The van der Waals surface area contributed by atoms with Crippen LogP contribution in [-0.2, 0) is 0 Å². The lowest BCUT2D eigenvalue weighted by Gasteiger charge is -2.02. The molecule has 7 heteroatoms. The van der Waals surface area contributed by atoms with E-state index in [0.29, 0.717) is 16.4 Å². The van der Waals surface area contributed by atoms with Gasteiger partial charge in [-0.3, -0.25) is 14.8 Å². The van der Waals surface area contributed by atoms with E-state index in [1.165, 1.54) is 12.1 Å². The first-order valence-corrected chi connectivity index (χ1v) is 8.25. The Kier molecular flexibility index (Phi) is 3.99. The van der Waals surface area contributed by atoms with Crippen molar-refractivity contribution in [2.24, 2.45) is 4.99 Å². The lowest BCUT2D eigenvalue weighted by molar-refractivity contribution is 0.265. The summed E-state index contributed by atoms with van der Waals surface area (Å²) in [5.74, 6) is 0.00942. The zero-order valence-corrected chi connectivity index (χ0v) is 13.6. The number of amides is 1. The van der Waals surface area contributed by atoms with Crippen LogP contribution in [-0.4, -0.2) is 21.0 Å². The zero-order chi connectivity index (χ0) is 17.2. The van der Waals surface area contributed by atoms with Gasteiger partial charge >= 0.3 is 0 Å². The van der Waals surface area contributed by atoms with Gasteiger partial charge in [-0.2, -0.15) is 0 Å². The van der Waals surface area contributed by atoms with Crippen molar-refractivity contribution in [2.75, 3.05) is 0 Å². The molecule has 122 valence electrons. The van der Waals surface area contributed by atoms with E-state index >= 15 is 0 Å². The van der Waals surface area contributed by atoms with Crippen molar-refractivity contribution in [3.8, 4) is 0 Å². The molecule has 0 unspecified atom stereocenters. The highest BCUT2D eigenvalue weighted by Crippen LogP contribution is 2.29. The molecule has 1 fully saturated rings. The summed E-state index contributed by atoms with van der Waals surface area (Å²) in [6, 6.07) is 11.5. The number of benzene rings is 2. The van der Waals surface area contributed by atoms with Gasteiger partial charge < -0.3 is 5.32 Å². The van der Waals surface area contributed by atoms with Crippen LogP contribution in [0, 0.1) is 5.82 Å². The molecule has 3 aromatic rings. The van der Waals surface area contributed by atoms with Gasteiger partial charge in [0.1, 0.15) is 11.7 Å². The van der Waals surface area contributed by atoms with Crippen molar-refractivity contribution in [3.63, 3.8) is 0 Å². The van der Waals surface area contributed by atoms with Crippen LogP contribution in [0.5, 0.6) is 0 Å². The molecule has 1 saturated heterocycles. The van der Waals surface area contributed by atoms with Gasteiger partial charge in [0.2, 0.25) is 0 Å². The SMILES string of the molecule is O=C1NC(=Nc2cccc(F)c2)C(=Cc2cccc3nccnc23)S1. The fourth-order valence-corrected chi connectivity index (χ4v) is 3.19. The summed E-state index contributed by atoms with van der Waals surface area (Å²) in [6.45, 7) is 0. The number of hydrogen-bond acceptors (Lipinski definition) is 5. The average molecular weight is 350 g/mol. The highest BCUT2D eigenvalue weighted by atomic mass is 32.2. The second kappa shape index (κ2) is 6.45. The van der Waals surface area contributed by atoms with E-state index in [9.17, 15) is 9.18 Å². The summed E-state index contributed by atoms with van der Waals surface area (Å²) in [6.07, 6.45) is 5.08. The van der Waals surface area contributed by atoms with Gasteiger partial charge in [-0.1, -0.05) is 18.2 Å². The highest BCUT2D eigenvalue weighted by Gasteiger charge is 2.24. The normalized spacial score (nSPS) is 17.4. The highest BCUT2D eigenvalue weighted by molar-refractivity contribution is 8.18. The number of aromatic nitrogens is 2. The summed E-state index contributed by atoms with van der Waals surface area (Å²) in [7, 11) is 0. The van der Waals surface area contributed by atoms with Crippen LogP contribution in [0.4, 0.5) is 14.9 Å². The molecule has 0 atom stereocenters. The minimum atomic E-state index is -0.381. The first-order valence-electron chi connectivity index (χ1n) is 7.44. The van der Waals surface area contributed by atoms with Gasteiger partial charge in [0.15, 0.2) is 0 Å². The first kappa shape index (κ1) is 15.5. The predicted octanol–water partition coefficient (Wildman–Crippen LogP) is 4.30. The van der Waals surface area contributed by atoms with E-state index in [1.807, 2.05) is 24.3 Å². The number of thioether (sulfide) groups is 1. The topological polar surface area (TPSA) is 67.2 Å². The van der Waals surface area contributed by atoms with Gasteiger partial charge in [0, 0.05) is 18.0 Å². The third-order valence-electron chi connectivity index (χ3n) is 3.52. The largest absolute Gasteiger partial charge is 0.300 e. The number of nitrogens with one attached hydrogen (secondary N) is 1. The number of nitrogens with zero attached hydrogens (tertiary/aromatic N) is 3. The number of fused-ring (bicyclic) bond motifs is 1. The fourth-order valence-electron chi connectivity index (χ4n) is 2.46. The second-order valence-electron chi connectivity index (χ2n) is 5.23. The molecular weight excluding hydrogens is 339 g/mol. The van der Waals surface area contributed by atoms with Crippen LogP contribution in [0.3, 0.4) is 0 Å². The second-order valence-corrected chi connectivity index (χ2v) is 6.25. The summed E-state index contributed by atoms with van der Waals surface area (Å²) < 4.78 is 13.3. The van der Waals surface area contributed by atoms with E-state index in [4.69, 9.17) is 0 Å². The summed E-state index contributed by atoms with van der Waals surface area (Å²) in [5, 5.41) is 2.46. The lowest BCUT2D eigenvalue weighted by Crippen LogP contribution is -2.18. The molecule has 0 spiro atoms. The quantitative estimate of drug-likeness (QED) is 0.748. The maximum atomic E-state index is 13.3. The maximum Gasteiger partial charge on any atom is 0.289 e. The van der Waals surface area contributed by atoms with Crippen LogP contribution in [0.15, 0.2) is 64.8 Å². The zero-order valence-electron chi connectivity index (χ0n) is 12.8. The minimum absolute atomic E-state index is 0.229. The predicted molar refractivity (Wildman–Crippen MR) is 97.1 cm³/mol. The maximum absolute atomic E-state index is 13.3. The average Bonchev–Trinajstić information content (AvgIpc) is 2.94. The molecule has 1 aliphatic heterocycles. The van der Waals surface area contributed by atoms with Crippen LogP contribution in [0.2, 0.25) is 0 Å². The Morgan fingerprint density at radius 2 is 1.96 bits per heavy atom. The number of para-hydroxylation sites is 1. The van der Waals surface area contributed by atoms with Crippen molar-refractivity contribution < 1.29 is 9.18 Å². The van der Waals surface area contributed by atoms with Crippen LogP contribution in [0.1, 0.15) is 5.56 Å². The van der Waals surface area contributed by atoms with Crippen LogP contribution >= 0.6 is 11.8 Å². The molecule has 0 bridgehead atoms. The minimum Gasteiger partial charge on any atom is -0.300 e. The standard InChI is InChI=1S/C18H11FN4OS/c19-12-4-2-5-13(10-12)22-17-15(25-18(24)23-17)9-11-3-1-6-14-16(11)21-8-7-20-14/h1-10H,(H,22,23,24). The lowest BCUT2D eigenvalue weighted by atomic mass is 10.1. The number of rotatable bonds is 2. The van der Waals surface area contributed by atoms with Gasteiger partial charge in [-0.05, 0) is 42.1 Å². The summed E-state index contributed by atoms with van der Waals surface area (Å²) >= 11 is 1.04. The van der Waals surface area contributed by atoms with Crippen LogP contribution in [0.25, 0.3) is 17.1 Å². The van der Waals surface area contributed by atoms with Gasteiger partial charge in [-0.25, -0.2) is 9.38 Å². The van der Waals surface area contributed by atoms with Crippen molar-refractivity contribution >= 4 is 45.6 Å². The first-order chi connectivity index (χ1) is 12.2. The molecule has 25 heavy (non-hydrogen) atoms. The van der Waals surface area contributed by atoms with E-state index in [1.54, 1.807) is 24.5 Å². The Labute approximate surface area is 146 Å². The molecule has 4 rings (SSSR count). The van der Waals surface area contributed by atoms with E-state index in [-0.39, 0.29) is 11.1 Å². The molecule has 0 radical (unpaired) electrons. The third kappa shape index (κ3) is 3.27. The molecule has 0 saturated carbocycles. The molecule has 1 aliphatic rings. The van der Waals surface area contributed by atoms with Crippen LogP contribution < -0.4 is 5.32 Å². The Morgan fingerprint density at radius 3 is 2.84 bits per heavy atom. The number of carbonyl (C=O) groups is 1. The molecule has 0 aliphatic carbocycles. The number of hydrogen-bond donors (Lipinski definition) is 1. The fraction of sp³-hybridized carbons (Fsp3) is 0. The van der Waals surface area contributed by atoms with Crippen molar-refractivity contribution in [1.82, 2.24) is 15.3 Å². The summed E-state index contributed by atoms with van der Waals surface area (Å²) in [4.78, 5) is 25.4. The molecule has 5 nitrogen and oxygen atoms in total. The van der Waals surface area contributed by atoms with Gasteiger partial charge in [0.25, 0.3) is 5.24 Å². The van der Waals surface area contributed by atoms with Gasteiger partial charge in [0.05, 0.1) is 21.6 Å². The van der Waals surface area contributed by atoms with E-state index in [2.05, 4.69) is 20.3 Å². The number of carbonyl (C=O) groups excluding carboxylic acids is 1. The number of aliphatic imine (C=N–C) groups is 1. The molecule has 1 N–H and O–H groups in total. The Balaban J connectivity index is 1.79. The van der Waals surface area contributed by atoms with E-state index in [0.717, 1.165) is 28.4 Å². The molecule has 2 heterocycles. The molecule has 1 amide bonds. The Morgan fingerprint density at radius 1 is 1.12 bits per heavy atom. The molecule has 1 aromatic heterocycles. The Hall–Kier alpha value is -3.06. The Bertz CT molecular complexity index is 1040. The van der Waals surface area contributed by atoms with Crippen molar-refractivity contribution in [1.29, 1.82) is 0 Å². The molecule has 2 aromatic carbocycles. The van der Waals surface area contributed by atoms with Crippen molar-refractivity contribution in [2.45, 2.75) is 0 Å². The van der Waals surface area contributed by atoms with E-state index < -0.39 is 0 Å².